The Morgan fingerprint density at radius 1 is 1.12 bits per heavy atom. The van der Waals surface area contributed by atoms with Crippen molar-refractivity contribution in [2.75, 3.05) is 26.2 Å². The third-order valence-electron chi connectivity index (χ3n) is 5.49. The molecule has 0 N–H and O–H groups in total. The zero-order valence-electron chi connectivity index (χ0n) is 15.4. The summed E-state index contributed by atoms with van der Waals surface area (Å²) in [4.78, 5) is 6.56. The number of hydrogen-bond acceptors (Lipinski definition) is 4. The Balaban J connectivity index is 1.41. The van der Waals surface area contributed by atoms with E-state index in [0.717, 1.165) is 25.6 Å². The van der Waals surface area contributed by atoms with Gasteiger partial charge in [0.25, 0.3) is 10.0 Å². The van der Waals surface area contributed by atoms with Crippen LogP contribution in [0.25, 0.3) is 0 Å². The van der Waals surface area contributed by atoms with Crippen LogP contribution < -0.4 is 0 Å². The Kier molecular flexibility index (Phi) is 4.62. The molecule has 1 aromatic heterocycles. The molecule has 0 amide bonds. The number of hydrogen-bond donors (Lipinski definition) is 0. The standard InChI is InChI=1S/C19H26N4O2S/c1-15-20-19(14-21(15)2)26(24,25)23-11-9-22(10-12-23)13-17-5-3-4-6-18(17)16-7-8-16/h3-6,14,16H,7-13H2,1-2H3. The van der Waals surface area contributed by atoms with E-state index in [4.69, 9.17) is 0 Å². The van der Waals surface area contributed by atoms with Gasteiger partial charge >= 0.3 is 0 Å². The second-order valence-electron chi connectivity index (χ2n) is 7.39. The van der Waals surface area contributed by atoms with Gasteiger partial charge in [-0.3, -0.25) is 4.90 Å². The maximum absolute atomic E-state index is 12.8. The van der Waals surface area contributed by atoms with Gasteiger partial charge in [0.05, 0.1) is 0 Å². The molecule has 4 rings (SSSR count). The van der Waals surface area contributed by atoms with Crippen LogP contribution in [0.4, 0.5) is 0 Å². The lowest BCUT2D eigenvalue weighted by molar-refractivity contribution is 0.181. The number of piperazine rings is 1. The van der Waals surface area contributed by atoms with Crippen molar-refractivity contribution in [1.29, 1.82) is 0 Å². The van der Waals surface area contributed by atoms with E-state index in [1.54, 1.807) is 15.1 Å². The lowest BCUT2D eigenvalue weighted by atomic mass is 10.0. The summed E-state index contributed by atoms with van der Waals surface area (Å²) in [7, 11) is -1.68. The number of benzene rings is 1. The Hall–Kier alpha value is -1.70. The number of aromatic nitrogens is 2. The van der Waals surface area contributed by atoms with Gasteiger partial charge in [-0.2, -0.15) is 4.31 Å². The first-order chi connectivity index (χ1) is 12.4. The second-order valence-corrected chi connectivity index (χ2v) is 9.28. The zero-order valence-corrected chi connectivity index (χ0v) is 16.2. The predicted molar refractivity (Wildman–Crippen MR) is 100 cm³/mol. The van der Waals surface area contributed by atoms with Crippen molar-refractivity contribution >= 4 is 10.0 Å². The molecule has 0 unspecified atom stereocenters. The van der Waals surface area contributed by atoms with Crippen LogP contribution in [0.1, 0.15) is 35.7 Å². The van der Waals surface area contributed by atoms with Crippen LogP contribution in [0, 0.1) is 6.92 Å². The van der Waals surface area contributed by atoms with Gasteiger partial charge in [0.2, 0.25) is 0 Å². The molecule has 2 heterocycles. The molecule has 0 bridgehead atoms. The Morgan fingerprint density at radius 2 is 1.81 bits per heavy atom. The van der Waals surface area contributed by atoms with Crippen LogP contribution >= 0.6 is 0 Å². The fourth-order valence-corrected chi connectivity index (χ4v) is 5.07. The minimum Gasteiger partial charge on any atom is -0.337 e. The van der Waals surface area contributed by atoms with Crippen LogP contribution in [0.2, 0.25) is 0 Å². The number of nitrogens with zero attached hydrogens (tertiary/aromatic N) is 4. The molecule has 1 aliphatic heterocycles. The monoisotopic (exact) mass is 374 g/mol. The fraction of sp³-hybridized carbons (Fsp3) is 0.526. The third-order valence-corrected chi connectivity index (χ3v) is 7.26. The van der Waals surface area contributed by atoms with E-state index in [1.807, 2.05) is 14.0 Å². The molecule has 7 heteroatoms. The predicted octanol–water partition coefficient (Wildman–Crippen LogP) is 2.11. The van der Waals surface area contributed by atoms with Gasteiger partial charge in [0.15, 0.2) is 5.03 Å². The number of aryl methyl sites for hydroxylation is 2. The van der Waals surface area contributed by atoms with Gasteiger partial charge in [-0.05, 0) is 36.8 Å². The van der Waals surface area contributed by atoms with Crippen LogP contribution in [0.5, 0.6) is 0 Å². The summed E-state index contributed by atoms with van der Waals surface area (Å²) in [5.74, 6) is 1.44. The van der Waals surface area contributed by atoms with E-state index >= 15 is 0 Å². The summed E-state index contributed by atoms with van der Waals surface area (Å²) in [5.41, 5.74) is 2.87. The molecule has 0 spiro atoms. The quantitative estimate of drug-likeness (QED) is 0.804. The molecule has 26 heavy (non-hydrogen) atoms. The summed E-state index contributed by atoms with van der Waals surface area (Å²) < 4.78 is 28.9. The van der Waals surface area contributed by atoms with Crippen molar-refractivity contribution < 1.29 is 8.42 Å². The third kappa shape index (κ3) is 3.43. The van der Waals surface area contributed by atoms with E-state index in [0.29, 0.717) is 18.9 Å². The molecule has 1 aliphatic carbocycles. The summed E-state index contributed by atoms with van der Waals surface area (Å²) >= 11 is 0. The Labute approximate surface area is 155 Å². The van der Waals surface area contributed by atoms with Gasteiger partial charge in [0.1, 0.15) is 5.82 Å². The van der Waals surface area contributed by atoms with Gasteiger partial charge in [-0.25, -0.2) is 13.4 Å². The van der Waals surface area contributed by atoms with Crippen molar-refractivity contribution in [3.05, 3.63) is 47.4 Å². The van der Waals surface area contributed by atoms with Gasteiger partial charge < -0.3 is 4.57 Å². The summed E-state index contributed by atoms with van der Waals surface area (Å²) in [6.45, 7) is 5.26. The lowest BCUT2D eigenvalue weighted by Gasteiger charge is -2.33. The van der Waals surface area contributed by atoms with Crippen molar-refractivity contribution in [3.8, 4) is 0 Å². The van der Waals surface area contributed by atoms with Crippen molar-refractivity contribution in [2.45, 2.75) is 37.3 Å². The van der Waals surface area contributed by atoms with Crippen molar-refractivity contribution in [1.82, 2.24) is 18.8 Å². The minimum atomic E-state index is -3.50. The molecular formula is C19H26N4O2S. The molecule has 0 radical (unpaired) electrons. The molecule has 6 nitrogen and oxygen atoms in total. The first-order valence-electron chi connectivity index (χ1n) is 9.25. The number of sulfonamides is 1. The van der Waals surface area contributed by atoms with Gasteiger partial charge in [-0.1, -0.05) is 24.3 Å². The van der Waals surface area contributed by atoms with E-state index in [9.17, 15) is 8.42 Å². The Bertz CT molecular complexity index is 875. The highest BCUT2D eigenvalue weighted by atomic mass is 32.2. The number of imidazole rings is 1. The maximum atomic E-state index is 12.8. The second kappa shape index (κ2) is 6.79. The Morgan fingerprint density at radius 3 is 2.42 bits per heavy atom. The van der Waals surface area contributed by atoms with E-state index in [-0.39, 0.29) is 5.03 Å². The summed E-state index contributed by atoms with van der Waals surface area (Å²) in [5, 5.41) is 0.157. The average Bonchev–Trinajstić information content (AvgIpc) is 3.41. The largest absolute Gasteiger partial charge is 0.337 e. The molecule has 140 valence electrons. The smallest absolute Gasteiger partial charge is 0.262 e. The maximum Gasteiger partial charge on any atom is 0.262 e. The van der Waals surface area contributed by atoms with Crippen LogP contribution in [0.15, 0.2) is 35.5 Å². The van der Waals surface area contributed by atoms with Crippen LogP contribution in [-0.4, -0.2) is 53.4 Å². The number of rotatable bonds is 5. The molecular weight excluding hydrogens is 348 g/mol. The van der Waals surface area contributed by atoms with E-state index in [1.165, 1.54) is 24.0 Å². The van der Waals surface area contributed by atoms with E-state index < -0.39 is 10.0 Å². The SMILES string of the molecule is Cc1nc(S(=O)(=O)N2CCN(Cc3ccccc3C3CC3)CC2)cn1C. The normalized spacial score (nSPS) is 19.8. The van der Waals surface area contributed by atoms with Crippen LogP contribution in [0.3, 0.4) is 0 Å². The van der Waals surface area contributed by atoms with Gasteiger partial charge in [0, 0.05) is 46.0 Å². The fourth-order valence-electron chi connectivity index (χ4n) is 3.62. The molecule has 1 saturated heterocycles. The molecule has 1 aromatic carbocycles. The van der Waals surface area contributed by atoms with Crippen molar-refractivity contribution in [3.63, 3.8) is 0 Å². The average molecular weight is 375 g/mol. The molecule has 2 aromatic rings. The molecule has 2 fully saturated rings. The van der Waals surface area contributed by atoms with Crippen molar-refractivity contribution in [2.24, 2.45) is 7.05 Å². The van der Waals surface area contributed by atoms with Gasteiger partial charge in [-0.15, -0.1) is 0 Å². The highest BCUT2D eigenvalue weighted by Gasteiger charge is 2.31. The van der Waals surface area contributed by atoms with Crippen LogP contribution in [-0.2, 0) is 23.6 Å². The molecule has 1 saturated carbocycles. The summed E-state index contributed by atoms with van der Waals surface area (Å²) in [6.07, 6.45) is 4.20. The first kappa shape index (κ1) is 17.7. The van der Waals surface area contributed by atoms with E-state index in [2.05, 4.69) is 34.1 Å². The molecule has 2 aliphatic rings. The minimum absolute atomic E-state index is 0.157. The highest BCUT2D eigenvalue weighted by Crippen LogP contribution is 2.41. The molecule has 0 atom stereocenters. The highest BCUT2D eigenvalue weighted by molar-refractivity contribution is 7.89. The topological polar surface area (TPSA) is 58.4 Å². The summed E-state index contributed by atoms with van der Waals surface area (Å²) in [6, 6.07) is 8.69. The first-order valence-corrected chi connectivity index (χ1v) is 10.7. The zero-order chi connectivity index (χ0) is 18.3. The lowest BCUT2D eigenvalue weighted by Crippen LogP contribution is -2.48.